The van der Waals surface area contributed by atoms with Gasteiger partial charge >= 0.3 is 0 Å². The van der Waals surface area contributed by atoms with Crippen molar-refractivity contribution in [3.8, 4) is 5.69 Å². The summed E-state index contributed by atoms with van der Waals surface area (Å²) in [5, 5.41) is 0.554. The average Bonchev–Trinajstić information content (AvgIpc) is 2.48. The highest BCUT2D eigenvalue weighted by atomic mass is 16.1. The van der Waals surface area contributed by atoms with Crippen molar-refractivity contribution in [3.63, 3.8) is 0 Å². The van der Waals surface area contributed by atoms with Crippen molar-refractivity contribution in [1.29, 1.82) is 0 Å². The fourth-order valence-corrected chi connectivity index (χ4v) is 2.58. The first-order valence-electron chi connectivity index (χ1n) is 7.14. The number of fused-ring (bicyclic) bond motifs is 1. The molecule has 0 spiro atoms. The number of hydrogen-bond donors (Lipinski definition) is 0. The Morgan fingerprint density at radius 3 is 2.50 bits per heavy atom. The Morgan fingerprint density at radius 2 is 1.77 bits per heavy atom. The summed E-state index contributed by atoms with van der Waals surface area (Å²) in [5.41, 5.74) is 2.21. The molecule has 0 bridgehead atoms. The highest BCUT2D eigenvalue weighted by Gasteiger charge is 2.14. The lowest BCUT2D eigenvalue weighted by atomic mass is 10.1. The number of ketones is 1. The number of hydrogen-bond acceptors (Lipinski definition) is 3. The average molecular weight is 292 g/mol. The van der Waals surface area contributed by atoms with Gasteiger partial charge in [0.2, 0.25) is 0 Å². The zero-order valence-electron chi connectivity index (χ0n) is 12.5. The fourth-order valence-electron chi connectivity index (χ4n) is 2.58. The summed E-state index contributed by atoms with van der Waals surface area (Å²) in [6.07, 6.45) is 0.133. The van der Waals surface area contributed by atoms with E-state index in [1.54, 1.807) is 16.7 Å². The van der Waals surface area contributed by atoms with Crippen LogP contribution in [-0.4, -0.2) is 15.3 Å². The van der Waals surface area contributed by atoms with Crippen molar-refractivity contribution in [2.75, 3.05) is 0 Å². The number of aromatic nitrogens is 2. The third-order valence-electron chi connectivity index (χ3n) is 3.61. The largest absolute Gasteiger partial charge is 0.300 e. The minimum atomic E-state index is -0.142. The summed E-state index contributed by atoms with van der Waals surface area (Å²) in [7, 11) is 0. The number of benzene rings is 2. The monoisotopic (exact) mass is 292 g/mol. The third kappa shape index (κ3) is 2.44. The Kier molecular flexibility index (Phi) is 3.59. The number of para-hydroxylation sites is 2. The minimum Gasteiger partial charge on any atom is -0.300 e. The van der Waals surface area contributed by atoms with Crippen molar-refractivity contribution in [2.45, 2.75) is 20.3 Å². The zero-order chi connectivity index (χ0) is 15.7. The number of aryl methyl sites for hydroxylation is 1. The molecule has 1 heterocycles. The maximum atomic E-state index is 12.9. The van der Waals surface area contributed by atoms with Crippen molar-refractivity contribution < 1.29 is 4.79 Å². The molecule has 0 radical (unpaired) electrons. The van der Waals surface area contributed by atoms with E-state index in [0.717, 1.165) is 11.3 Å². The number of carbonyl (C=O) groups excluding carboxylic acids is 1. The smallest absolute Gasteiger partial charge is 0.265 e. The van der Waals surface area contributed by atoms with Gasteiger partial charge in [0.1, 0.15) is 11.6 Å². The van der Waals surface area contributed by atoms with Crippen molar-refractivity contribution in [3.05, 3.63) is 70.3 Å². The van der Waals surface area contributed by atoms with Crippen LogP contribution in [0.15, 0.2) is 53.3 Å². The predicted octanol–water partition coefficient (Wildman–Crippen LogP) is 2.83. The molecule has 1 aromatic heterocycles. The van der Waals surface area contributed by atoms with Crippen LogP contribution in [0.3, 0.4) is 0 Å². The molecular weight excluding hydrogens is 276 g/mol. The molecule has 0 saturated heterocycles. The quantitative estimate of drug-likeness (QED) is 0.746. The van der Waals surface area contributed by atoms with E-state index >= 15 is 0 Å². The number of carbonyl (C=O) groups is 1. The molecule has 2 aromatic carbocycles. The Hall–Kier alpha value is -2.75. The van der Waals surface area contributed by atoms with E-state index in [1.165, 1.54) is 6.92 Å². The molecule has 0 atom stereocenters. The molecule has 4 nitrogen and oxygen atoms in total. The molecule has 0 aliphatic heterocycles. The highest BCUT2D eigenvalue weighted by molar-refractivity contribution is 5.81. The number of Topliss-reactive ketones (excluding diaryl/α,β-unsaturated/α-hetero) is 1. The zero-order valence-corrected chi connectivity index (χ0v) is 12.5. The minimum absolute atomic E-state index is 0.0236. The summed E-state index contributed by atoms with van der Waals surface area (Å²) in [4.78, 5) is 29.0. The summed E-state index contributed by atoms with van der Waals surface area (Å²) in [6.45, 7) is 3.44. The molecule has 0 amide bonds. The maximum absolute atomic E-state index is 12.9. The van der Waals surface area contributed by atoms with E-state index in [1.807, 2.05) is 43.3 Å². The van der Waals surface area contributed by atoms with Gasteiger partial charge in [0.25, 0.3) is 5.56 Å². The Balaban J connectivity index is 2.40. The van der Waals surface area contributed by atoms with Crippen molar-refractivity contribution in [2.24, 2.45) is 0 Å². The van der Waals surface area contributed by atoms with Crippen LogP contribution in [0, 0.1) is 6.92 Å². The molecule has 4 heteroatoms. The van der Waals surface area contributed by atoms with Gasteiger partial charge < -0.3 is 0 Å². The molecule has 3 rings (SSSR count). The number of rotatable bonds is 3. The van der Waals surface area contributed by atoms with Crippen LogP contribution in [0.1, 0.15) is 18.3 Å². The summed E-state index contributed by atoms with van der Waals surface area (Å²) < 4.78 is 1.55. The molecule has 0 unspecified atom stereocenters. The van der Waals surface area contributed by atoms with Gasteiger partial charge in [-0.3, -0.25) is 14.2 Å². The Morgan fingerprint density at radius 1 is 1.09 bits per heavy atom. The standard InChI is InChI=1S/C18H16N2O2/c1-12-7-3-6-10-16(12)20-17(11-13(2)21)19-15-9-5-4-8-14(15)18(20)22/h3-10H,11H2,1-2H3. The molecule has 0 aliphatic carbocycles. The van der Waals surface area contributed by atoms with Gasteiger partial charge in [-0.05, 0) is 37.6 Å². The van der Waals surface area contributed by atoms with Crippen LogP contribution in [0.25, 0.3) is 16.6 Å². The highest BCUT2D eigenvalue weighted by Crippen LogP contribution is 2.16. The number of nitrogens with zero attached hydrogens (tertiary/aromatic N) is 2. The van der Waals surface area contributed by atoms with Gasteiger partial charge in [-0.2, -0.15) is 0 Å². The van der Waals surface area contributed by atoms with Crippen LogP contribution < -0.4 is 5.56 Å². The maximum Gasteiger partial charge on any atom is 0.265 e. The molecular formula is C18H16N2O2. The van der Waals surface area contributed by atoms with Crippen LogP contribution >= 0.6 is 0 Å². The van der Waals surface area contributed by atoms with Crippen LogP contribution in [0.4, 0.5) is 0 Å². The van der Waals surface area contributed by atoms with Crippen LogP contribution in [-0.2, 0) is 11.2 Å². The summed E-state index contributed by atoms with van der Waals surface area (Å²) in [6, 6.07) is 14.8. The lowest BCUT2D eigenvalue weighted by Crippen LogP contribution is -2.25. The van der Waals surface area contributed by atoms with Gasteiger partial charge in [-0.15, -0.1) is 0 Å². The topological polar surface area (TPSA) is 52.0 Å². The second-order valence-electron chi connectivity index (χ2n) is 5.35. The third-order valence-corrected chi connectivity index (χ3v) is 3.61. The molecule has 3 aromatic rings. The molecule has 0 N–H and O–H groups in total. The van der Waals surface area contributed by atoms with Crippen LogP contribution in [0.2, 0.25) is 0 Å². The van der Waals surface area contributed by atoms with E-state index in [4.69, 9.17) is 0 Å². The van der Waals surface area contributed by atoms with E-state index in [2.05, 4.69) is 4.98 Å². The Bertz CT molecular complexity index is 926. The van der Waals surface area contributed by atoms with Crippen molar-refractivity contribution in [1.82, 2.24) is 9.55 Å². The molecule has 0 fully saturated rings. The second kappa shape index (κ2) is 5.56. The molecule has 0 saturated carbocycles. The molecule has 0 aliphatic rings. The lowest BCUT2D eigenvalue weighted by Gasteiger charge is -2.14. The summed E-state index contributed by atoms with van der Waals surface area (Å²) >= 11 is 0. The Labute approximate surface area is 128 Å². The van der Waals surface area contributed by atoms with Gasteiger partial charge in [-0.25, -0.2) is 4.98 Å². The first kappa shape index (κ1) is 14.2. The predicted molar refractivity (Wildman–Crippen MR) is 86.5 cm³/mol. The van der Waals surface area contributed by atoms with Gasteiger partial charge in [-0.1, -0.05) is 30.3 Å². The lowest BCUT2D eigenvalue weighted by molar-refractivity contribution is -0.116. The van der Waals surface area contributed by atoms with Gasteiger partial charge in [0.05, 0.1) is 23.0 Å². The normalized spacial score (nSPS) is 10.8. The van der Waals surface area contributed by atoms with E-state index in [-0.39, 0.29) is 17.8 Å². The SMILES string of the molecule is CC(=O)Cc1nc2ccccc2c(=O)n1-c1ccccc1C. The second-order valence-corrected chi connectivity index (χ2v) is 5.35. The fraction of sp³-hybridized carbons (Fsp3) is 0.167. The van der Waals surface area contributed by atoms with Crippen LogP contribution in [0.5, 0.6) is 0 Å². The summed E-state index contributed by atoms with van der Waals surface area (Å²) in [5.74, 6) is 0.454. The first-order chi connectivity index (χ1) is 10.6. The van der Waals surface area contributed by atoms with Gasteiger partial charge in [0.15, 0.2) is 0 Å². The van der Waals surface area contributed by atoms with Gasteiger partial charge in [0, 0.05) is 0 Å². The van der Waals surface area contributed by atoms with E-state index in [0.29, 0.717) is 16.7 Å². The van der Waals surface area contributed by atoms with E-state index < -0.39 is 0 Å². The van der Waals surface area contributed by atoms with Crippen molar-refractivity contribution >= 4 is 16.7 Å². The first-order valence-corrected chi connectivity index (χ1v) is 7.14. The molecule has 22 heavy (non-hydrogen) atoms. The molecule has 110 valence electrons. The van der Waals surface area contributed by atoms with E-state index in [9.17, 15) is 9.59 Å².